The Morgan fingerprint density at radius 2 is 2.05 bits per heavy atom. The molecule has 5 N–H and O–H groups in total. The molecule has 0 radical (unpaired) electrons. The molecule has 1 amide bonds. The summed E-state index contributed by atoms with van der Waals surface area (Å²) >= 11 is 1.64. The molecule has 0 unspecified atom stereocenters. The van der Waals surface area contributed by atoms with Gasteiger partial charge in [-0.2, -0.15) is 0 Å². The number of pyridine rings is 1. The molecule has 0 saturated carbocycles. The van der Waals surface area contributed by atoms with E-state index in [9.17, 15) is 4.79 Å². The van der Waals surface area contributed by atoms with E-state index in [0.717, 1.165) is 50.8 Å². The minimum atomic E-state index is -0.243. The quantitative estimate of drug-likeness (QED) is 0.151. The van der Waals surface area contributed by atoms with E-state index in [2.05, 4.69) is 45.6 Å². The smallest absolute Gasteiger partial charge is 0.286 e. The second-order valence-electron chi connectivity index (χ2n) is 8.80. The van der Waals surface area contributed by atoms with Crippen LogP contribution in [-0.2, 0) is 7.05 Å². The minimum absolute atomic E-state index is 0.243. The molecule has 194 valence electrons. The Morgan fingerprint density at radius 1 is 1.21 bits per heavy atom. The van der Waals surface area contributed by atoms with Crippen molar-refractivity contribution in [2.24, 2.45) is 7.05 Å². The first-order chi connectivity index (χ1) is 18.5. The zero-order chi connectivity index (χ0) is 26.6. The predicted octanol–water partition coefficient (Wildman–Crippen LogP) is 5.43. The van der Waals surface area contributed by atoms with Crippen LogP contribution in [0.25, 0.3) is 38.2 Å². The number of ether oxygens (including phenoxy) is 1. The Labute approximate surface area is 225 Å². The molecule has 3 aromatic heterocycles. The van der Waals surface area contributed by atoms with Gasteiger partial charge in [-0.3, -0.25) is 15.6 Å². The van der Waals surface area contributed by atoms with Gasteiger partial charge in [0.2, 0.25) is 0 Å². The first-order valence-electron chi connectivity index (χ1n) is 12.3. The summed E-state index contributed by atoms with van der Waals surface area (Å²) in [4.78, 5) is 17.4. The van der Waals surface area contributed by atoms with Crippen molar-refractivity contribution in [3.63, 3.8) is 0 Å². The molecule has 38 heavy (non-hydrogen) atoms. The average molecular weight is 527 g/mol. The normalized spacial score (nSPS) is 11.4. The lowest BCUT2D eigenvalue weighted by atomic mass is 10.0. The van der Waals surface area contributed by atoms with Crippen LogP contribution in [0.15, 0.2) is 66.2 Å². The maximum absolute atomic E-state index is 12.9. The van der Waals surface area contributed by atoms with Gasteiger partial charge in [0, 0.05) is 51.9 Å². The second kappa shape index (κ2) is 11.0. The van der Waals surface area contributed by atoms with Crippen LogP contribution < -0.4 is 26.6 Å². The number of fused-ring (bicyclic) bond motifs is 2. The number of rotatable bonds is 9. The molecule has 8 nitrogen and oxygen atoms in total. The minimum Gasteiger partial charge on any atom is -0.494 e. The third-order valence-corrected chi connectivity index (χ3v) is 7.50. The first-order valence-corrected chi connectivity index (χ1v) is 13.2. The van der Waals surface area contributed by atoms with Crippen LogP contribution in [-0.4, -0.2) is 35.7 Å². The number of carbonyl (C=O) groups is 1. The van der Waals surface area contributed by atoms with Crippen molar-refractivity contribution < 1.29 is 9.53 Å². The summed E-state index contributed by atoms with van der Waals surface area (Å²) in [5, 5.41) is 7.31. The molecule has 0 aliphatic rings. The third-order valence-electron chi connectivity index (χ3n) is 6.47. The van der Waals surface area contributed by atoms with Crippen LogP contribution in [0.5, 0.6) is 5.75 Å². The lowest BCUT2D eigenvalue weighted by Gasteiger charge is -2.14. The molecule has 0 fully saturated rings. The molecule has 0 bridgehead atoms. The molecule has 5 aromatic rings. The average Bonchev–Trinajstić information content (AvgIpc) is 3.53. The number of amides is 1. The maximum Gasteiger partial charge on any atom is 0.286 e. The molecule has 0 saturated heterocycles. The third kappa shape index (κ3) is 4.81. The highest BCUT2D eigenvalue weighted by Crippen LogP contribution is 2.41. The monoisotopic (exact) mass is 526 g/mol. The summed E-state index contributed by atoms with van der Waals surface area (Å²) in [6.45, 7) is 3.79. The van der Waals surface area contributed by atoms with E-state index in [1.807, 2.05) is 66.3 Å². The van der Waals surface area contributed by atoms with Crippen LogP contribution in [0.2, 0.25) is 0 Å². The molecule has 0 spiro atoms. The molecular weight excluding hydrogens is 496 g/mol. The maximum atomic E-state index is 12.9. The topological polar surface area (TPSA) is 106 Å². The number of hydrogen-bond donors (Lipinski definition) is 4. The molecular formula is C29H30N6O2S. The largest absolute Gasteiger partial charge is 0.494 e. The molecule has 0 atom stereocenters. The van der Waals surface area contributed by atoms with Gasteiger partial charge in [-0.1, -0.05) is 43.3 Å². The number of aromatic nitrogens is 2. The van der Waals surface area contributed by atoms with Crippen molar-refractivity contribution in [1.82, 2.24) is 20.3 Å². The molecule has 3 heterocycles. The van der Waals surface area contributed by atoms with Gasteiger partial charge >= 0.3 is 0 Å². The van der Waals surface area contributed by atoms with E-state index in [1.54, 1.807) is 18.4 Å². The Hall–Kier alpha value is -4.34. The van der Waals surface area contributed by atoms with Gasteiger partial charge in [0.25, 0.3) is 5.91 Å². The Kier molecular flexibility index (Phi) is 7.30. The number of hydrazine groups is 1. The zero-order valence-corrected chi connectivity index (χ0v) is 22.4. The van der Waals surface area contributed by atoms with Crippen LogP contribution in [0.3, 0.4) is 0 Å². The van der Waals surface area contributed by atoms with Gasteiger partial charge in [-0.15, -0.1) is 11.3 Å². The van der Waals surface area contributed by atoms with Crippen LogP contribution in [0, 0.1) is 0 Å². The van der Waals surface area contributed by atoms with E-state index in [4.69, 9.17) is 10.5 Å². The zero-order valence-electron chi connectivity index (χ0n) is 21.5. The van der Waals surface area contributed by atoms with Crippen LogP contribution in [0.4, 0.5) is 11.5 Å². The van der Waals surface area contributed by atoms with Gasteiger partial charge in [-0.05, 0) is 41.8 Å². The number of methoxy groups -OCH3 is 1. The van der Waals surface area contributed by atoms with Gasteiger partial charge in [0.15, 0.2) is 0 Å². The Balaban J connectivity index is 1.39. The number of nitrogens with zero attached hydrogens (tertiary/aromatic N) is 2. The summed E-state index contributed by atoms with van der Waals surface area (Å²) in [6.07, 6.45) is 5.97. The Bertz CT molecular complexity index is 1650. The van der Waals surface area contributed by atoms with E-state index < -0.39 is 0 Å². The Morgan fingerprint density at radius 3 is 2.84 bits per heavy atom. The number of aryl methyl sites for hydroxylation is 1. The van der Waals surface area contributed by atoms with E-state index in [0.29, 0.717) is 22.9 Å². The van der Waals surface area contributed by atoms with Crippen LogP contribution in [0.1, 0.15) is 23.0 Å². The summed E-state index contributed by atoms with van der Waals surface area (Å²) < 4.78 is 8.61. The van der Waals surface area contributed by atoms with Crippen molar-refractivity contribution in [2.45, 2.75) is 6.92 Å². The highest BCUT2D eigenvalue weighted by molar-refractivity contribution is 7.18. The van der Waals surface area contributed by atoms with E-state index >= 15 is 0 Å². The number of benzene rings is 2. The SMILES string of the molecule is CCNC/C=C/c1cnc(N)c2c(-c3ccc(NNC(=O)c4cc5ccccc5n4C)c(OC)c3)csc12. The van der Waals surface area contributed by atoms with Gasteiger partial charge in [0.1, 0.15) is 17.3 Å². The number of anilines is 2. The number of likely N-dealkylation sites (N-methyl/N-ethyl adjacent to an activating group) is 1. The molecule has 5 rings (SSSR count). The predicted molar refractivity (Wildman–Crippen MR) is 158 cm³/mol. The lowest BCUT2D eigenvalue weighted by Crippen LogP contribution is -2.30. The molecule has 9 heteroatoms. The fourth-order valence-corrected chi connectivity index (χ4v) is 5.57. The molecule has 0 aliphatic heterocycles. The highest BCUT2D eigenvalue weighted by atomic mass is 32.1. The number of para-hydroxylation sites is 1. The number of nitrogen functional groups attached to an aromatic ring is 1. The standard InChI is InChI=1S/C29H30N6O2S/c1-4-31-13-7-9-20-16-32-28(30)26-21(17-38-27(20)26)18-11-12-22(25(15-18)37-3)33-34-29(36)24-14-19-8-5-6-10-23(19)35(24)2/h5-12,14-17,31,33H,4,13H2,1-3H3,(H2,30,32)(H,34,36)/b9-7+. The fourth-order valence-electron chi connectivity index (χ4n) is 4.49. The molecule has 0 aliphatic carbocycles. The van der Waals surface area contributed by atoms with Crippen molar-refractivity contribution in [2.75, 3.05) is 31.4 Å². The molecule has 2 aromatic carbocycles. The highest BCUT2D eigenvalue weighted by Gasteiger charge is 2.16. The number of thiophene rings is 1. The van der Waals surface area contributed by atoms with Crippen molar-refractivity contribution in [1.29, 1.82) is 0 Å². The fraction of sp³-hybridized carbons (Fsp3) is 0.172. The number of nitrogens with two attached hydrogens (primary N) is 1. The van der Waals surface area contributed by atoms with Crippen molar-refractivity contribution in [3.05, 3.63) is 77.4 Å². The van der Waals surface area contributed by atoms with Gasteiger partial charge < -0.3 is 20.4 Å². The van der Waals surface area contributed by atoms with Gasteiger partial charge in [-0.25, -0.2) is 4.98 Å². The van der Waals surface area contributed by atoms with Crippen LogP contribution >= 0.6 is 11.3 Å². The number of nitrogens with one attached hydrogen (secondary N) is 3. The van der Waals surface area contributed by atoms with E-state index in [-0.39, 0.29) is 5.91 Å². The number of hydrogen-bond acceptors (Lipinski definition) is 7. The summed E-state index contributed by atoms with van der Waals surface area (Å²) in [5.41, 5.74) is 17.3. The van der Waals surface area contributed by atoms with Crippen molar-refractivity contribution in [3.8, 4) is 16.9 Å². The first kappa shape index (κ1) is 25.3. The summed E-state index contributed by atoms with van der Waals surface area (Å²) in [7, 11) is 3.48. The summed E-state index contributed by atoms with van der Waals surface area (Å²) in [5.74, 6) is 0.836. The lowest BCUT2D eigenvalue weighted by molar-refractivity contribution is 0.0955. The number of carbonyl (C=O) groups excluding carboxylic acids is 1. The van der Waals surface area contributed by atoms with Gasteiger partial charge in [0.05, 0.1) is 12.8 Å². The van der Waals surface area contributed by atoms with E-state index in [1.165, 1.54) is 0 Å². The van der Waals surface area contributed by atoms with Crippen molar-refractivity contribution >= 4 is 55.8 Å². The summed E-state index contributed by atoms with van der Waals surface area (Å²) in [6, 6.07) is 15.5. The second-order valence-corrected chi connectivity index (χ2v) is 9.68.